The van der Waals surface area contributed by atoms with E-state index in [9.17, 15) is 24.0 Å². The van der Waals surface area contributed by atoms with E-state index < -0.39 is 35.6 Å². The second-order valence-electron chi connectivity index (χ2n) is 6.94. The second-order valence-corrected chi connectivity index (χ2v) is 6.94. The number of benzene rings is 1. The Labute approximate surface area is 178 Å². The second kappa shape index (κ2) is 10.2. The van der Waals surface area contributed by atoms with E-state index in [0.717, 1.165) is 4.90 Å². The first-order valence-electron chi connectivity index (χ1n) is 9.94. The Balaban J connectivity index is 1.63. The molecule has 31 heavy (non-hydrogen) atoms. The van der Waals surface area contributed by atoms with Crippen LogP contribution in [0, 0.1) is 0 Å². The molecule has 0 aliphatic carbocycles. The van der Waals surface area contributed by atoms with Gasteiger partial charge in [-0.3, -0.25) is 34.2 Å². The van der Waals surface area contributed by atoms with Gasteiger partial charge in [-0.25, -0.2) is 0 Å². The lowest BCUT2D eigenvalue weighted by molar-refractivity contribution is -0.136. The van der Waals surface area contributed by atoms with Gasteiger partial charge in [0.25, 0.3) is 17.7 Å². The molecule has 1 fully saturated rings. The van der Waals surface area contributed by atoms with E-state index in [1.54, 1.807) is 0 Å². The average Bonchev–Trinajstić information content (AvgIpc) is 3.00. The summed E-state index contributed by atoms with van der Waals surface area (Å²) >= 11 is 0. The molecule has 11 nitrogen and oxygen atoms in total. The molecule has 1 atom stereocenters. The Morgan fingerprint density at radius 2 is 1.84 bits per heavy atom. The van der Waals surface area contributed by atoms with Crippen molar-refractivity contribution in [1.82, 2.24) is 15.5 Å². The molecule has 1 saturated heterocycles. The molecule has 0 radical (unpaired) electrons. The molecule has 2 aliphatic rings. The van der Waals surface area contributed by atoms with Gasteiger partial charge in [0.2, 0.25) is 11.8 Å². The number of fused-ring (bicyclic) bond motifs is 1. The van der Waals surface area contributed by atoms with Crippen LogP contribution in [0.1, 0.15) is 43.9 Å². The van der Waals surface area contributed by atoms with Gasteiger partial charge < -0.3 is 20.5 Å². The van der Waals surface area contributed by atoms with Crippen molar-refractivity contribution >= 4 is 29.5 Å². The van der Waals surface area contributed by atoms with E-state index in [-0.39, 0.29) is 42.7 Å². The number of imide groups is 2. The maximum atomic E-state index is 13.0. The quantitative estimate of drug-likeness (QED) is 0.308. The average molecular weight is 432 g/mol. The van der Waals surface area contributed by atoms with Crippen LogP contribution in [0.25, 0.3) is 0 Å². The molecule has 1 aromatic rings. The standard InChI is InChI=1S/C20H24N4O7/c21-6-8-30-10-11-31-9-7-22-17(26)12-2-1-3-13-16(12)20(29)24(19(13)28)14-4-5-15(25)23-18(14)27/h1-3,14H,4-11,21H2,(H,22,26)(H,23,25,27). The van der Waals surface area contributed by atoms with E-state index in [4.69, 9.17) is 15.2 Å². The number of carbonyl (C=O) groups excluding carboxylic acids is 5. The molecule has 1 aromatic carbocycles. The van der Waals surface area contributed by atoms with Gasteiger partial charge >= 0.3 is 0 Å². The van der Waals surface area contributed by atoms with E-state index >= 15 is 0 Å². The van der Waals surface area contributed by atoms with Crippen molar-refractivity contribution in [2.75, 3.05) is 39.5 Å². The lowest BCUT2D eigenvalue weighted by atomic mass is 10.0. The predicted octanol–water partition coefficient (Wildman–Crippen LogP) is -1.19. The van der Waals surface area contributed by atoms with Crippen molar-refractivity contribution in [3.8, 4) is 0 Å². The highest BCUT2D eigenvalue weighted by Gasteiger charge is 2.46. The maximum Gasteiger partial charge on any atom is 0.263 e. The molecule has 5 amide bonds. The Hall–Kier alpha value is -3.15. The summed E-state index contributed by atoms with van der Waals surface area (Å²) in [6.07, 6.45) is 0.0679. The first-order valence-corrected chi connectivity index (χ1v) is 9.94. The number of piperidine rings is 1. The van der Waals surface area contributed by atoms with Crippen LogP contribution in [0.3, 0.4) is 0 Å². The van der Waals surface area contributed by atoms with Gasteiger partial charge in [-0.1, -0.05) is 6.07 Å². The highest BCUT2D eigenvalue weighted by molar-refractivity contribution is 6.26. The van der Waals surface area contributed by atoms with Gasteiger partial charge in [0.05, 0.1) is 43.1 Å². The minimum Gasteiger partial charge on any atom is -0.378 e. The Kier molecular flexibility index (Phi) is 7.45. The summed E-state index contributed by atoms with van der Waals surface area (Å²) in [5, 5.41) is 4.78. The Morgan fingerprint density at radius 3 is 2.55 bits per heavy atom. The smallest absolute Gasteiger partial charge is 0.263 e. The zero-order valence-corrected chi connectivity index (χ0v) is 16.8. The van der Waals surface area contributed by atoms with Crippen molar-refractivity contribution in [2.45, 2.75) is 18.9 Å². The lowest BCUT2D eigenvalue weighted by Crippen LogP contribution is -2.54. The van der Waals surface area contributed by atoms with Crippen LogP contribution in [-0.2, 0) is 19.1 Å². The number of rotatable bonds is 10. The molecule has 3 rings (SSSR count). The molecule has 166 valence electrons. The zero-order valence-electron chi connectivity index (χ0n) is 16.8. The molecule has 0 saturated carbocycles. The summed E-state index contributed by atoms with van der Waals surface area (Å²) < 4.78 is 10.5. The van der Waals surface area contributed by atoms with Crippen molar-refractivity contribution in [2.24, 2.45) is 5.73 Å². The van der Waals surface area contributed by atoms with E-state index in [1.807, 2.05) is 0 Å². The van der Waals surface area contributed by atoms with E-state index in [2.05, 4.69) is 10.6 Å². The number of hydrogen-bond donors (Lipinski definition) is 3. The molecule has 2 aliphatic heterocycles. The summed E-state index contributed by atoms with van der Waals surface area (Å²) in [6, 6.07) is 3.28. The van der Waals surface area contributed by atoms with Crippen molar-refractivity contribution in [1.29, 1.82) is 0 Å². The molecule has 2 heterocycles. The summed E-state index contributed by atoms with van der Waals surface area (Å²) in [5.74, 6) is -3.08. The fourth-order valence-electron chi connectivity index (χ4n) is 3.44. The fourth-order valence-corrected chi connectivity index (χ4v) is 3.44. The molecule has 0 aromatic heterocycles. The minimum absolute atomic E-state index is 0.0222. The molecular weight excluding hydrogens is 408 g/mol. The van der Waals surface area contributed by atoms with Crippen LogP contribution >= 0.6 is 0 Å². The van der Waals surface area contributed by atoms with Gasteiger partial charge in [0, 0.05) is 19.5 Å². The van der Waals surface area contributed by atoms with Gasteiger partial charge in [-0.2, -0.15) is 0 Å². The molecule has 4 N–H and O–H groups in total. The summed E-state index contributed by atoms with van der Waals surface area (Å²) in [6.45, 7) is 2.05. The van der Waals surface area contributed by atoms with Crippen LogP contribution in [0.2, 0.25) is 0 Å². The number of hydrogen-bond acceptors (Lipinski definition) is 8. The number of nitrogens with zero attached hydrogens (tertiary/aromatic N) is 1. The minimum atomic E-state index is -1.09. The molecule has 0 bridgehead atoms. The summed E-state index contributed by atoms with van der Waals surface area (Å²) in [7, 11) is 0. The molecular formula is C20H24N4O7. The van der Waals surface area contributed by atoms with E-state index in [0.29, 0.717) is 26.4 Å². The Bertz CT molecular complexity index is 902. The molecule has 11 heteroatoms. The zero-order chi connectivity index (χ0) is 22.4. The van der Waals surface area contributed by atoms with Crippen molar-refractivity contribution in [3.63, 3.8) is 0 Å². The molecule has 0 spiro atoms. The van der Waals surface area contributed by atoms with Crippen molar-refractivity contribution < 1.29 is 33.4 Å². The summed E-state index contributed by atoms with van der Waals surface area (Å²) in [5.41, 5.74) is 5.35. The monoisotopic (exact) mass is 432 g/mol. The van der Waals surface area contributed by atoms with Gasteiger partial charge in [-0.15, -0.1) is 0 Å². The topological polar surface area (TPSA) is 157 Å². The van der Waals surface area contributed by atoms with Gasteiger partial charge in [0.15, 0.2) is 0 Å². The number of ether oxygens (including phenoxy) is 2. The van der Waals surface area contributed by atoms with Crippen LogP contribution in [-0.4, -0.2) is 80.0 Å². The third-order valence-corrected chi connectivity index (χ3v) is 4.88. The maximum absolute atomic E-state index is 13.0. The molecule has 1 unspecified atom stereocenters. The van der Waals surface area contributed by atoms with E-state index in [1.165, 1.54) is 18.2 Å². The van der Waals surface area contributed by atoms with Crippen LogP contribution in [0.5, 0.6) is 0 Å². The largest absolute Gasteiger partial charge is 0.378 e. The van der Waals surface area contributed by atoms with Crippen LogP contribution in [0.15, 0.2) is 18.2 Å². The number of amides is 5. The van der Waals surface area contributed by atoms with Gasteiger partial charge in [0.1, 0.15) is 6.04 Å². The number of nitrogens with two attached hydrogens (primary N) is 1. The third-order valence-electron chi connectivity index (χ3n) is 4.88. The van der Waals surface area contributed by atoms with Crippen LogP contribution in [0.4, 0.5) is 0 Å². The highest BCUT2D eigenvalue weighted by Crippen LogP contribution is 2.29. The first kappa shape index (κ1) is 22.5. The Morgan fingerprint density at radius 1 is 1.10 bits per heavy atom. The predicted molar refractivity (Wildman–Crippen MR) is 106 cm³/mol. The lowest BCUT2D eigenvalue weighted by Gasteiger charge is -2.27. The SMILES string of the molecule is NCCOCCOCCNC(=O)c1cccc2c1C(=O)N(C1CCC(=O)NC1=O)C2=O. The normalized spacial score (nSPS) is 18.2. The van der Waals surface area contributed by atoms with Crippen molar-refractivity contribution in [3.05, 3.63) is 34.9 Å². The summed E-state index contributed by atoms with van der Waals surface area (Å²) in [4.78, 5) is 62.7. The van der Waals surface area contributed by atoms with Gasteiger partial charge in [-0.05, 0) is 18.6 Å². The third kappa shape index (κ3) is 4.95. The number of carbonyl (C=O) groups is 5. The number of nitrogens with one attached hydrogen (secondary N) is 2. The fraction of sp³-hybridized carbons (Fsp3) is 0.450. The first-order chi connectivity index (χ1) is 15.0. The van der Waals surface area contributed by atoms with Crippen LogP contribution < -0.4 is 16.4 Å². The highest BCUT2D eigenvalue weighted by atomic mass is 16.5.